The fraction of sp³-hybridized carbons (Fsp3) is 0.450. The zero-order valence-corrected chi connectivity index (χ0v) is 15.1. The van der Waals surface area contributed by atoms with Crippen LogP contribution in [0.4, 0.5) is 4.39 Å². The average molecular weight is 363 g/mol. The monoisotopic (exact) mass is 362 g/mol. The normalized spacial score (nSPS) is 25.0. The van der Waals surface area contributed by atoms with Gasteiger partial charge >= 0.3 is 0 Å². The van der Waals surface area contributed by atoms with Crippen molar-refractivity contribution in [3.05, 3.63) is 59.5 Å². The molecule has 1 aliphatic heterocycles. The standard InChI is InChI=1S/C20H24ClFN2O/c21-19-4-2-1-3-17(19)7-10-20(25)24-13-11-23(12-14-24)15-16-5-8-18(22)9-6-16/h1-3,5,7-8,10,19H,4,6,9,11-15H2/b10-7+. The van der Waals surface area contributed by atoms with Gasteiger partial charge in [-0.15, -0.1) is 11.6 Å². The molecule has 1 saturated heterocycles. The molecule has 25 heavy (non-hydrogen) atoms. The molecule has 0 aromatic heterocycles. The lowest BCUT2D eigenvalue weighted by Gasteiger charge is -2.35. The van der Waals surface area contributed by atoms with Crippen LogP contribution in [-0.4, -0.2) is 53.8 Å². The Balaban J connectivity index is 1.46. The minimum absolute atomic E-state index is 0.0336. The number of halogens is 2. The van der Waals surface area contributed by atoms with Gasteiger partial charge in [0.05, 0.1) is 5.38 Å². The molecule has 1 fully saturated rings. The molecule has 0 radical (unpaired) electrons. The molecular weight excluding hydrogens is 339 g/mol. The molecule has 1 amide bonds. The second-order valence-corrected chi connectivity index (χ2v) is 7.20. The van der Waals surface area contributed by atoms with Crippen LogP contribution in [0.25, 0.3) is 0 Å². The van der Waals surface area contributed by atoms with E-state index in [1.807, 2.05) is 35.3 Å². The largest absolute Gasteiger partial charge is 0.337 e. The first-order valence-corrected chi connectivity index (χ1v) is 9.30. The van der Waals surface area contributed by atoms with Crippen molar-refractivity contribution in [2.24, 2.45) is 0 Å². The predicted octanol–water partition coefficient (Wildman–Crippen LogP) is 3.75. The van der Waals surface area contributed by atoms with Crippen LogP contribution in [0.1, 0.15) is 19.3 Å². The quantitative estimate of drug-likeness (QED) is 0.561. The van der Waals surface area contributed by atoms with Crippen molar-refractivity contribution in [1.82, 2.24) is 9.80 Å². The number of hydrogen-bond donors (Lipinski definition) is 0. The second-order valence-electron chi connectivity index (χ2n) is 6.67. The molecule has 2 aliphatic carbocycles. The summed E-state index contributed by atoms with van der Waals surface area (Å²) in [7, 11) is 0. The Hall–Kier alpha value is -1.65. The van der Waals surface area contributed by atoms with Crippen LogP contribution in [0.3, 0.4) is 0 Å². The van der Waals surface area contributed by atoms with E-state index in [9.17, 15) is 9.18 Å². The third kappa shape index (κ3) is 5.16. The van der Waals surface area contributed by atoms with Crippen molar-refractivity contribution >= 4 is 17.5 Å². The number of piperazine rings is 1. The summed E-state index contributed by atoms with van der Waals surface area (Å²) in [5.74, 6) is 0.00886. The minimum Gasteiger partial charge on any atom is -0.337 e. The molecule has 0 aromatic carbocycles. The minimum atomic E-state index is -0.0476. The summed E-state index contributed by atoms with van der Waals surface area (Å²) in [5, 5.41) is -0.0476. The lowest BCUT2D eigenvalue weighted by atomic mass is 10.0. The molecule has 0 aromatic rings. The Morgan fingerprint density at radius 1 is 1.20 bits per heavy atom. The van der Waals surface area contributed by atoms with Gasteiger partial charge in [-0.25, -0.2) is 4.39 Å². The molecule has 0 bridgehead atoms. The van der Waals surface area contributed by atoms with Gasteiger partial charge in [-0.1, -0.05) is 36.0 Å². The number of rotatable bonds is 4. The fourth-order valence-corrected chi connectivity index (χ4v) is 3.50. The predicted molar refractivity (Wildman–Crippen MR) is 100 cm³/mol. The van der Waals surface area contributed by atoms with E-state index < -0.39 is 0 Å². The summed E-state index contributed by atoms with van der Waals surface area (Å²) >= 11 is 6.24. The second kappa shape index (κ2) is 8.63. The van der Waals surface area contributed by atoms with Crippen LogP contribution in [0, 0.1) is 0 Å². The number of alkyl halides is 1. The molecule has 1 unspecified atom stereocenters. The smallest absolute Gasteiger partial charge is 0.246 e. The van der Waals surface area contributed by atoms with Crippen molar-refractivity contribution in [1.29, 1.82) is 0 Å². The van der Waals surface area contributed by atoms with Gasteiger partial charge in [0, 0.05) is 45.2 Å². The lowest BCUT2D eigenvalue weighted by Crippen LogP contribution is -2.48. The Kier molecular flexibility index (Phi) is 6.27. The lowest BCUT2D eigenvalue weighted by molar-refractivity contribution is -0.127. The van der Waals surface area contributed by atoms with Crippen molar-refractivity contribution in [3.8, 4) is 0 Å². The van der Waals surface area contributed by atoms with Crippen LogP contribution in [0.2, 0.25) is 0 Å². The van der Waals surface area contributed by atoms with Gasteiger partial charge in [-0.3, -0.25) is 9.69 Å². The zero-order chi connectivity index (χ0) is 17.6. The van der Waals surface area contributed by atoms with Gasteiger partial charge < -0.3 is 4.90 Å². The van der Waals surface area contributed by atoms with Gasteiger partial charge in [0.25, 0.3) is 0 Å². The number of nitrogens with zero attached hydrogens (tertiary/aromatic N) is 2. The van der Waals surface area contributed by atoms with E-state index in [4.69, 9.17) is 11.6 Å². The van der Waals surface area contributed by atoms with Crippen LogP contribution in [0.5, 0.6) is 0 Å². The Morgan fingerprint density at radius 3 is 2.68 bits per heavy atom. The maximum absolute atomic E-state index is 13.0. The number of allylic oxidation sites excluding steroid dienone is 8. The highest BCUT2D eigenvalue weighted by atomic mass is 35.5. The molecule has 3 aliphatic rings. The third-order valence-electron chi connectivity index (χ3n) is 4.84. The zero-order valence-electron chi connectivity index (χ0n) is 14.3. The first-order valence-electron chi connectivity index (χ1n) is 8.86. The van der Waals surface area contributed by atoms with Gasteiger partial charge in [-0.05, 0) is 24.5 Å². The number of amides is 1. The van der Waals surface area contributed by atoms with Gasteiger partial charge in [0.2, 0.25) is 5.91 Å². The molecule has 3 nitrogen and oxygen atoms in total. The van der Waals surface area contributed by atoms with Crippen LogP contribution in [-0.2, 0) is 4.79 Å². The highest BCUT2D eigenvalue weighted by Crippen LogP contribution is 2.21. The van der Waals surface area contributed by atoms with E-state index in [2.05, 4.69) is 4.90 Å². The maximum Gasteiger partial charge on any atom is 0.246 e. The SMILES string of the molecule is O=C(/C=C/C1=CC=CCC1Cl)N1CCN(CC2=CC=C(F)CC2)CC1. The molecule has 3 rings (SSSR count). The first-order chi connectivity index (χ1) is 12.1. The molecule has 1 heterocycles. The van der Waals surface area contributed by atoms with E-state index in [0.29, 0.717) is 6.42 Å². The van der Waals surface area contributed by atoms with E-state index in [0.717, 1.165) is 51.1 Å². The summed E-state index contributed by atoms with van der Waals surface area (Å²) in [6, 6.07) is 0. The highest BCUT2D eigenvalue weighted by Gasteiger charge is 2.21. The molecular formula is C20H24ClFN2O. The Morgan fingerprint density at radius 2 is 2.00 bits per heavy atom. The first kappa shape index (κ1) is 18.2. The molecule has 0 saturated carbocycles. The average Bonchev–Trinajstić information content (AvgIpc) is 2.63. The Labute approximate surface area is 153 Å². The van der Waals surface area contributed by atoms with Crippen LogP contribution in [0.15, 0.2) is 59.5 Å². The number of carbonyl (C=O) groups is 1. The van der Waals surface area contributed by atoms with E-state index in [1.54, 1.807) is 12.2 Å². The molecule has 0 spiro atoms. The molecule has 1 atom stereocenters. The fourth-order valence-electron chi connectivity index (χ4n) is 3.25. The molecule has 134 valence electrons. The number of hydrogen-bond acceptors (Lipinski definition) is 2. The van der Waals surface area contributed by atoms with Crippen molar-refractivity contribution in [2.45, 2.75) is 24.6 Å². The maximum atomic E-state index is 13.0. The summed E-state index contributed by atoms with van der Waals surface area (Å²) in [4.78, 5) is 16.6. The van der Waals surface area contributed by atoms with Crippen LogP contribution < -0.4 is 0 Å². The van der Waals surface area contributed by atoms with Crippen molar-refractivity contribution in [3.63, 3.8) is 0 Å². The Bertz CT molecular complexity index is 655. The summed E-state index contributed by atoms with van der Waals surface area (Å²) < 4.78 is 13.0. The summed E-state index contributed by atoms with van der Waals surface area (Å²) in [5.41, 5.74) is 2.26. The molecule has 0 N–H and O–H groups in total. The molecule has 5 heteroatoms. The topological polar surface area (TPSA) is 23.6 Å². The van der Waals surface area contributed by atoms with Gasteiger partial charge in [0.15, 0.2) is 0 Å². The van der Waals surface area contributed by atoms with E-state index in [1.165, 1.54) is 5.57 Å². The van der Waals surface area contributed by atoms with Crippen LogP contribution >= 0.6 is 11.6 Å². The van der Waals surface area contributed by atoms with Gasteiger partial charge in [-0.2, -0.15) is 0 Å². The summed E-state index contributed by atoms with van der Waals surface area (Å²) in [6.45, 7) is 4.03. The van der Waals surface area contributed by atoms with E-state index in [-0.39, 0.29) is 17.1 Å². The van der Waals surface area contributed by atoms with Crippen molar-refractivity contribution in [2.75, 3.05) is 32.7 Å². The van der Waals surface area contributed by atoms with E-state index >= 15 is 0 Å². The van der Waals surface area contributed by atoms with Gasteiger partial charge in [0.1, 0.15) is 5.83 Å². The third-order valence-corrected chi connectivity index (χ3v) is 5.27. The summed E-state index contributed by atoms with van der Waals surface area (Å²) in [6.07, 6.45) is 15.0. The number of carbonyl (C=O) groups excluding carboxylic acids is 1. The highest BCUT2D eigenvalue weighted by molar-refractivity contribution is 6.22. The van der Waals surface area contributed by atoms with Crippen molar-refractivity contribution < 1.29 is 9.18 Å².